The molecule has 21 heavy (non-hydrogen) atoms. The summed E-state index contributed by atoms with van der Waals surface area (Å²) in [6.45, 7) is 6.75. The number of aryl methyl sites for hydroxylation is 1. The molecule has 1 N–H and O–H groups in total. The van der Waals surface area contributed by atoms with Crippen LogP contribution in [0, 0.1) is 6.92 Å². The van der Waals surface area contributed by atoms with Crippen LogP contribution in [0.1, 0.15) is 36.3 Å². The van der Waals surface area contributed by atoms with Crippen LogP contribution in [0.2, 0.25) is 0 Å². The van der Waals surface area contributed by atoms with Gasteiger partial charge in [0.15, 0.2) is 5.69 Å². The lowest BCUT2D eigenvalue weighted by Gasteiger charge is -2.09. The van der Waals surface area contributed by atoms with Gasteiger partial charge in [-0.3, -0.25) is 0 Å². The number of H-pyrrole nitrogens is 1. The minimum Gasteiger partial charge on any atom is -0.493 e. The molecule has 2 aromatic rings. The second-order valence-corrected chi connectivity index (χ2v) is 4.57. The van der Waals surface area contributed by atoms with Crippen LogP contribution >= 0.6 is 0 Å². The van der Waals surface area contributed by atoms with Crippen LogP contribution in [0.5, 0.6) is 5.75 Å². The molecule has 2 rings (SSSR count). The van der Waals surface area contributed by atoms with Crippen molar-refractivity contribution in [3.63, 3.8) is 0 Å². The minimum atomic E-state index is -0.481. The first kappa shape index (κ1) is 15.0. The molecule has 0 spiro atoms. The number of aromatic nitrogens is 3. The number of hydrogen-bond donors (Lipinski definition) is 1. The van der Waals surface area contributed by atoms with Gasteiger partial charge in [-0.25, -0.2) is 4.79 Å². The third-order valence-electron chi connectivity index (χ3n) is 2.93. The van der Waals surface area contributed by atoms with E-state index in [1.165, 1.54) is 0 Å². The van der Waals surface area contributed by atoms with E-state index in [4.69, 9.17) is 9.47 Å². The van der Waals surface area contributed by atoms with Crippen LogP contribution in [0.15, 0.2) is 18.2 Å². The number of aromatic amines is 1. The van der Waals surface area contributed by atoms with E-state index in [1.807, 2.05) is 25.1 Å². The molecule has 0 bridgehead atoms. The Balaban J connectivity index is 2.29. The Morgan fingerprint density at radius 3 is 2.76 bits per heavy atom. The summed E-state index contributed by atoms with van der Waals surface area (Å²) in [6.07, 6.45) is 0.956. The fraction of sp³-hybridized carbons (Fsp3) is 0.400. The molecule has 1 aromatic heterocycles. The number of ether oxygens (including phenoxy) is 2. The van der Waals surface area contributed by atoms with Gasteiger partial charge in [0.1, 0.15) is 11.4 Å². The van der Waals surface area contributed by atoms with Gasteiger partial charge in [-0.05, 0) is 44.0 Å². The maximum Gasteiger partial charge on any atom is 0.361 e. The van der Waals surface area contributed by atoms with E-state index in [0.29, 0.717) is 18.9 Å². The van der Waals surface area contributed by atoms with Crippen LogP contribution in [0.3, 0.4) is 0 Å². The van der Waals surface area contributed by atoms with Crippen molar-refractivity contribution in [2.75, 3.05) is 13.2 Å². The maximum absolute atomic E-state index is 11.8. The first-order valence-electron chi connectivity index (χ1n) is 6.99. The highest BCUT2D eigenvalue weighted by Crippen LogP contribution is 2.26. The number of hydrogen-bond acceptors (Lipinski definition) is 5. The normalized spacial score (nSPS) is 10.4. The van der Waals surface area contributed by atoms with Gasteiger partial charge in [-0.2, -0.15) is 10.3 Å². The summed E-state index contributed by atoms with van der Waals surface area (Å²) in [5, 5.41) is 10.4. The summed E-state index contributed by atoms with van der Waals surface area (Å²) in [7, 11) is 0. The molecule has 1 aromatic carbocycles. The molecule has 0 saturated carbocycles. The summed E-state index contributed by atoms with van der Waals surface area (Å²) >= 11 is 0. The highest BCUT2D eigenvalue weighted by Gasteiger charge is 2.19. The molecular weight excluding hydrogens is 270 g/mol. The van der Waals surface area contributed by atoms with Gasteiger partial charge in [-0.1, -0.05) is 6.92 Å². The first-order chi connectivity index (χ1) is 10.2. The van der Waals surface area contributed by atoms with Crippen LogP contribution < -0.4 is 4.74 Å². The van der Waals surface area contributed by atoms with Crippen molar-refractivity contribution >= 4 is 5.97 Å². The third-order valence-corrected chi connectivity index (χ3v) is 2.93. The molecule has 6 heteroatoms. The summed E-state index contributed by atoms with van der Waals surface area (Å²) in [4.78, 5) is 11.8. The van der Waals surface area contributed by atoms with Gasteiger partial charge >= 0.3 is 5.97 Å². The van der Waals surface area contributed by atoms with Gasteiger partial charge in [0, 0.05) is 5.56 Å². The first-order valence-corrected chi connectivity index (χ1v) is 6.99. The summed E-state index contributed by atoms with van der Waals surface area (Å²) in [5.41, 5.74) is 2.46. The topological polar surface area (TPSA) is 77.1 Å². The summed E-state index contributed by atoms with van der Waals surface area (Å²) in [6, 6.07) is 5.66. The zero-order valence-corrected chi connectivity index (χ0v) is 12.5. The zero-order chi connectivity index (χ0) is 15.2. The van der Waals surface area contributed by atoms with E-state index < -0.39 is 5.97 Å². The number of carbonyl (C=O) groups excluding carboxylic acids is 1. The third kappa shape index (κ3) is 3.39. The van der Waals surface area contributed by atoms with Gasteiger partial charge in [-0.15, -0.1) is 5.10 Å². The standard InChI is InChI=1S/C15H19N3O3/c1-4-8-21-12-7-6-11(9-10(12)3)13-14(17-18-16-13)15(19)20-5-2/h6-7,9H,4-5,8H2,1-3H3,(H,16,17,18). The van der Waals surface area contributed by atoms with Crippen LogP contribution in [0.4, 0.5) is 0 Å². The lowest BCUT2D eigenvalue weighted by Crippen LogP contribution is -2.06. The average molecular weight is 289 g/mol. The second-order valence-electron chi connectivity index (χ2n) is 4.57. The Bertz CT molecular complexity index is 622. The zero-order valence-electron chi connectivity index (χ0n) is 12.5. The van der Waals surface area contributed by atoms with Crippen LogP contribution in [-0.2, 0) is 4.74 Å². The summed E-state index contributed by atoms with van der Waals surface area (Å²) in [5.74, 6) is 0.354. The highest BCUT2D eigenvalue weighted by molar-refractivity contribution is 5.93. The van der Waals surface area contributed by atoms with Gasteiger partial charge in [0.05, 0.1) is 13.2 Å². The Kier molecular flexibility index (Phi) is 4.92. The maximum atomic E-state index is 11.8. The molecule has 0 atom stereocenters. The molecule has 0 saturated heterocycles. The molecule has 6 nitrogen and oxygen atoms in total. The molecule has 1 heterocycles. The molecule has 0 aliphatic heterocycles. The molecule has 0 fully saturated rings. The van der Waals surface area contributed by atoms with Crippen molar-refractivity contribution in [2.45, 2.75) is 27.2 Å². The number of esters is 1. The van der Waals surface area contributed by atoms with Gasteiger partial charge in [0.2, 0.25) is 0 Å². The number of benzene rings is 1. The van der Waals surface area contributed by atoms with Gasteiger partial charge in [0.25, 0.3) is 0 Å². The Labute approximate surface area is 123 Å². The van der Waals surface area contributed by atoms with E-state index >= 15 is 0 Å². The van der Waals surface area contributed by atoms with E-state index in [9.17, 15) is 4.79 Å². The monoisotopic (exact) mass is 289 g/mol. The van der Waals surface area contributed by atoms with Crippen molar-refractivity contribution in [2.24, 2.45) is 0 Å². The molecule has 0 amide bonds. The van der Waals surface area contributed by atoms with Crippen molar-refractivity contribution < 1.29 is 14.3 Å². The van der Waals surface area contributed by atoms with E-state index in [-0.39, 0.29) is 5.69 Å². The van der Waals surface area contributed by atoms with Crippen molar-refractivity contribution in [1.29, 1.82) is 0 Å². The van der Waals surface area contributed by atoms with Crippen LogP contribution in [0.25, 0.3) is 11.3 Å². The second kappa shape index (κ2) is 6.88. The van der Waals surface area contributed by atoms with Crippen molar-refractivity contribution in [3.05, 3.63) is 29.5 Å². The quantitative estimate of drug-likeness (QED) is 0.827. The van der Waals surface area contributed by atoms with Crippen LogP contribution in [-0.4, -0.2) is 34.6 Å². The lowest BCUT2D eigenvalue weighted by molar-refractivity contribution is 0.0520. The van der Waals surface area contributed by atoms with E-state index in [2.05, 4.69) is 22.3 Å². The molecule has 0 radical (unpaired) electrons. The number of nitrogens with zero attached hydrogens (tertiary/aromatic N) is 2. The van der Waals surface area contributed by atoms with Gasteiger partial charge < -0.3 is 9.47 Å². The van der Waals surface area contributed by atoms with E-state index in [0.717, 1.165) is 23.3 Å². The summed E-state index contributed by atoms with van der Waals surface area (Å²) < 4.78 is 10.6. The predicted octanol–water partition coefficient (Wildman–Crippen LogP) is 2.75. The highest BCUT2D eigenvalue weighted by atomic mass is 16.5. The minimum absolute atomic E-state index is 0.193. The number of rotatable bonds is 6. The molecule has 0 aliphatic carbocycles. The SMILES string of the molecule is CCCOc1ccc(-c2n[nH]nc2C(=O)OCC)cc1C. The lowest BCUT2D eigenvalue weighted by atomic mass is 10.1. The largest absolute Gasteiger partial charge is 0.493 e. The fourth-order valence-corrected chi connectivity index (χ4v) is 1.94. The molecule has 0 unspecified atom stereocenters. The fourth-order valence-electron chi connectivity index (χ4n) is 1.94. The predicted molar refractivity (Wildman–Crippen MR) is 78.3 cm³/mol. The van der Waals surface area contributed by atoms with E-state index in [1.54, 1.807) is 6.92 Å². The smallest absolute Gasteiger partial charge is 0.361 e. The average Bonchev–Trinajstić information content (AvgIpc) is 2.95. The molecule has 112 valence electrons. The Morgan fingerprint density at radius 2 is 2.10 bits per heavy atom. The van der Waals surface area contributed by atoms with Crippen molar-refractivity contribution in [3.8, 4) is 17.0 Å². The number of carbonyl (C=O) groups is 1. The molecule has 0 aliphatic rings. The Morgan fingerprint density at radius 1 is 1.29 bits per heavy atom. The number of nitrogens with one attached hydrogen (secondary N) is 1. The Hall–Kier alpha value is -2.37. The van der Waals surface area contributed by atoms with Crippen molar-refractivity contribution in [1.82, 2.24) is 15.4 Å². The molecular formula is C15H19N3O3.